The van der Waals surface area contributed by atoms with Crippen molar-refractivity contribution in [3.8, 4) is 0 Å². The third-order valence-corrected chi connectivity index (χ3v) is 2.54. The van der Waals surface area contributed by atoms with Crippen LogP contribution in [-0.2, 0) is 4.79 Å². The Labute approximate surface area is 85.3 Å². The zero-order valence-corrected chi connectivity index (χ0v) is 8.99. The second-order valence-corrected chi connectivity index (χ2v) is 4.20. The summed E-state index contributed by atoms with van der Waals surface area (Å²) in [5, 5.41) is 11.9. The molecule has 0 aliphatic carbocycles. The van der Waals surface area contributed by atoms with Gasteiger partial charge in [-0.05, 0) is 12.3 Å². The van der Waals surface area contributed by atoms with Crippen molar-refractivity contribution in [3.05, 3.63) is 0 Å². The largest absolute Gasteiger partial charge is 0.394 e. The highest BCUT2D eigenvalue weighted by Crippen LogP contribution is 2.06. The normalized spacial score (nSPS) is 23.3. The molecular formula is C10H20N2O2. The Hall–Kier alpha value is -0.610. The van der Waals surface area contributed by atoms with E-state index in [-0.39, 0.29) is 18.6 Å². The number of nitrogens with one attached hydrogen (secondary N) is 1. The SMILES string of the molecule is CC(C)CCN1CCNC(CO)C1=O. The van der Waals surface area contributed by atoms with E-state index in [1.807, 2.05) is 4.90 Å². The maximum atomic E-state index is 11.7. The molecule has 1 heterocycles. The Morgan fingerprint density at radius 3 is 2.93 bits per heavy atom. The molecule has 1 atom stereocenters. The first-order valence-electron chi connectivity index (χ1n) is 5.28. The lowest BCUT2D eigenvalue weighted by Gasteiger charge is -2.32. The first kappa shape index (κ1) is 11.5. The molecule has 0 saturated carbocycles. The first-order valence-corrected chi connectivity index (χ1v) is 5.28. The molecule has 0 spiro atoms. The van der Waals surface area contributed by atoms with Crippen LogP contribution < -0.4 is 5.32 Å². The summed E-state index contributed by atoms with van der Waals surface area (Å²) in [6.45, 7) is 6.56. The molecule has 1 saturated heterocycles. The van der Waals surface area contributed by atoms with Crippen LogP contribution in [0.4, 0.5) is 0 Å². The molecule has 1 amide bonds. The number of carbonyl (C=O) groups excluding carboxylic acids is 1. The van der Waals surface area contributed by atoms with Gasteiger partial charge in [0.1, 0.15) is 6.04 Å². The van der Waals surface area contributed by atoms with Gasteiger partial charge in [-0.15, -0.1) is 0 Å². The van der Waals surface area contributed by atoms with Crippen molar-refractivity contribution in [2.45, 2.75) is 26.3 Å². The first-order chi connectivity index (χ1) is 6.65. The van der Waals surface area contributed by atoms with Gasteiger partial charge >= 0.3 is 0 Å². The quantitative estimate of drug-likeness (QED) is 0.662. The van der Waals surface area contributed by atoms with E-state index in [0.717, 1.165) is 26.1 Å². The summed E-state index contributed by atoms with van der Waals surface area (Å²) in [7, 11) is 0. The van der Waals surface area contributed by atoms with Crippen LogP contribution in [0.5, 0.6) is 0 Å². The van der Waals surface area contributed by atoms with Crippen LogP contribution in [0.15, 0.2) is 0 Å². The topological polar surface area (TPSA) is 52.6 Å². The van der Waals surface area contributed by atoms with Gasteiger partial charge in [0.05, 0.1) is 6.61 Å². The molecule has 1 aliphatic rings. The number of amides is 1. The molecule has 82 valence electrons. The van der Waals surface area contributed by atoms with Crippen molar-refractivity contribution in [1.29, 1.82) is 0 Å². The van der Waals surface area contributed by atoms with E-state index in [1.165, 1.54) is 0 Å². The molecule has 0 bridgehead atoms. The molecule has 0 aromatic carbocycles. The molecular weight excluding hydrogens is 180 g/mol. The predicted octanol–water partition coefficient (Wildman–Crippen LogP) is -0.175. The van der Waals surface area contributed by atoms with Gasteiger partial charge < -0.3 is 15.3 Å². The molecule has 4 heteroatoms. The second-order valence-electron chi connectivity index (χ2n) is 4.20. The maximum absolute atomic E-state index is 11.7. The number of aliphatic hydroxyl groups is 1. The zero-order valence-electron chi connectivity index (χ0n) is 8.99. The Balaban J connectivity index is 2.40. The van der Waals surface area contributed by atoms with E-state index in [4.69, 9.17) is 5.11 Å². The van der Waals surface area contributed by atoms with Crippen molar-refractivity contribution >= 4 is 5.91 Å². The molecule has 0 aromatic heterocycles. The fourth-order valence-corrected chi connectivity index (χ4v) is 1.57. The summed E-state index contributed by atoms with van der Waals surface area (Å²) in [5.41, 5.74) is 0. The smallest absolute Gasteiger partial charge is 0.242 e. The van der Waals surface area contributed by atoms with Gasteiger partial charge in [0.15, 0.2) is 0 Å². The lowest BCUT2D eigenvalue weighted by atomic mass is 10.1. The lowest BCUT2D eigenvalue weighted by Crippen LogP contribution is -2.56. The average molecular weight is 200 g/mol. The zero-order chi connectivity index (χ0) is 10.6. The number of carbonyl (C=O) groups is 1. The third kappa shape index (κ3) is 2.96. The Bertz CT molecular complexity index is 195. The van der Waals surface area contributed by atoms with Gasteiger partial charge in [0.25, 0.3) is 0 Å². The van der Waals surface area contributed by atoms with Crippen molar-refractivity contribution in [2.24, 2.45) is 5.92 Å². The maximum Gasteiger partial charge on any atom is 0.242 e. The molecule has 1 unspecified atom stereocenters. The molecule has 1 aliphatic heterocycles. The monoisotopic (exact) mass is 200 g/mol. The minimum atomic E-state index is -0.379. The lowest BCUT2D eigenvalue weighted by molar-refractivity contribution is -0.136. The molecule has 1 fully saturated rings. The summed E-state index contributed by atoms with van der Waals surface area (Å²) in [6, 6.07) is -0.379. The number of nitrogens with zero attached hydrogens (tertiary/aromatic N) is 1. The van der Waals surface area contributed by atoms with Gasteiger partial charge in [-0.2, -0.15) is 0 Å². The van der Waals surface area contributed by atoms with Crippen LogP contribution in [0.1, 0.15) is 20.3 Å². The molecule has 1 rings (SSSR count). The fourth-order valence-electron chi connectivity index (χ4n) is 1.57. The highest BCUT2D eigenvalue weighted by molar-refractivity contribution is 5.82. The summed E-state index contributed by atoms with van der Waals surface area (Å²) in [6.07, 6.45) is 1.03. The summed E-state index contributed by atoms with van der Waals surface area (Å²) in [4.78, 5) is 13.5. The minimum absolute atomic E-state index is 0.0411. The predicted molar refractivity (Wildman–Crippen MR) is 54.9 cm³/mol. The third-order valence-electron chi connectivity index (χ3n) is 2.54. The van der Waals surface area contributed by atoms with E-state index in [1.54, 1.807) is 0 Å². The standard InChI is InChI=1S/C10H20N2O2/c1-8(2)3-5-12-6-4-11-9(7-13)10(12)14/h8-9,11,13H,3-7H2,1-2H3. The van der Waals surface area contributed by atoms with E-state index in [2.05, 4.69) is 19.2 Å². The van der Waals surface area contributed by atoms with Crippen LogP contribution in [0, 0.1) is 5.92 Å². The summed E-state index contributed by atoms with van der Waals surface area (Å²) < 4.78 is 0. The van der Waals surface area contributed by atoms with E-state index < -0.39 is 0 Å². The minimum Gasteiger partial charge on any atom is -0.394 e. The highest BCUT2D eigenvalue weighted by atomic mass is 16.3. The van der Waals surface area contributed by atoms with Crippen molar-refractivity contribution < 1.29 is 9.90 Å². The van der Waals surface area contributed by atoms with Crippen LogP contribution >= 0.6 is 0 Å². The molecule has 14 heavy (non-hydrogen) atoms. The number of piperazine rings is 1. The fraction of sp³-hybridized carbons (Fsp3) is 0.900. The number of rotatable bonds is 4. The number of hydrogen-bond acceptors (Lipinski definition) is 3. The van der Waals surface area contributed by atoms with Crippen molar-refractivity contribution in [3.63, 3.8) is 0 Å². The van der Waals surface area contributed by atoms with Gasteiger partial charge in [-0.25, -0.2) is 0 Å². The Morgan fingerprint density at radius 1 is 1.64 bits per heavy atom. The van der Waals surface area contributed by atoms with Crippen LogP contribution in [0.3, 0.4) is 0 Å². The summed E-state index contributed by atoms with van der Waals surface area (Å²) in [5.74, 6) is 0.657. The molecule has 4 nitrogen and oxygen atoms in total. The molecule has 2 N–H and O–H groups in total. The van der Waals surface area contributed by atoms with Crippen LogP contribution in [0.2, 0.25) is 0 Å². The van der Waals surface area contributed by atoms with E-state index in [0.29, 0.717) is 5.92 Å². The number of hydrogen-bond donors (Lipinski definition) is 2. The van der Waals surface area contributed by atoms with E-state index >= 15 is 0 Å². The summed E-state index contributed by atoms with van der Waals surface area (Å²) >= 11 is 0. The highest BCUT2D eigenvalue weighted by Gasteiger charge is 2.26. The molecule has 0 aromatic rings. The van der Waals surface area contributed by atoms with Gasteiger partial charge in [-0.1, -0.05) is 13.8 Å². The van der Waals surface area contributed by atoms with Crippen molar-refractivity contribution in [2.75, 3.05) is 26.2 Å². The van der Waals surface area contributed by atoms with Gasteiger partial charge in [0.2, 0.25) is 5.91 Å². The van der Waals surface area contributed by atoms with Gasteiger partial charge in [-0.3, -0.25) is 4.79 Å². The molecule has 0 radical (unpaired) electrons. The Morgan fingerprint density at radius 2 is 2.36 bits per heavy atom. The van der Waals surface area contributed by atoms with Gasteiger partial charge in [0, 0.05) is 19.6 Å². The average Bonchev–Trinajstić information content (AvgIpc) is 2.16. The Kier molecular flexibility index (Phi) is 4.35. The number of aliphatic hydroxyl groups excluding tert-OH is 1. The second kappa shape index (κ2) is 5.32. The van der Waals surface area contributed by atoms with Crippen LogP contribution in [-0.4, -0.2) is 48.2 Å². The van der Waals surface area contributed by atoms with Crippen molar-refractivity contribution in [1.82, 2.24) is 10.2 Å². The van der Waals surface area contributed by atoms with Crippen LogP contribution in [0.25, 0.3) is 0 Å². The van der Waals surface area contributed by atoms with E-state index in [9.17, 15) is 4.79 Å².